The monoisotopic (exact) mass is 404 g/mol. The highest BCUT2D eigenvalue weighted by atomic mass is 16.6. The van der Waals surface area contributed by atoms with Crippen LogP contribution in [0.1, 0.15) is 34.6 Å². The van der Waals surface area contributed by atoms with Gasteiger partial charge in [0.15, 0.2) is 0 Å². The molecule has 0 aliphatic carbocycles. The van der Waals surface area contributed by atoms with Gasteiger partial charge >= 0.3 is 6.09 Å². The molecule has 0 bridgehead atoms. The van der Waals surface area contributed by atoms with Gasteiger partial charge in [0.05, 0.1) is 22.4 Å². The Kier molecular flexibility index (Phi) is 5.61. The van der Waals surface area contributed by atoms with Gasteiger partial charge in [0.1, 0.15) is 5.75 Å². The molecule has 0 unspecified atom stereocenters. The van der Waals surface area contributed by atoms with Crippen LogP contribution in [0.2, 0.25) is 0 Å². The van der Waals surface area contributed by atoms with Crippen LogP contribution in [0.4, 0.5) is 4.79 Å². The third kappa shape index (κ3) is 4.40. The number of amides is 2. The van der Waals surface area contributed by atoms with E-state index in [4.69, 9.17) is 4.74 Å². The van der Waals surface area contributed by atoms with Gasteiger partial charge in [-0.25, -0.2) is 14.8 Å². The molecule has 3 aromatic rings. The first-order chi connectivity index (χ1) is 14.5. The summed E-state index contributed by atoms with van der Waals surface area (Å²) in [5, 5.41) is 2.88. The molecule has 0 radical (unpaired) electrons. The minimum atomic E-state index is -0.468. The van der Waals surface area contributed by atoms with Crippen molar-refractivity contribution in [1.29, 1.82) is 0 Å². The number of fused-ring (bicyclic) bond motifs is 1. The Bertz CT molecular complexity index is 1080. The zero-order valence-corrected chi connectivity index (χ0v) is 17.1. The maximum Gasteiger partial charge on any atom is 0.412 e. The van der Waals surface area contributed by atoms with E-state index in [9.17, 15) is 9.59 Å². The topological polar surface area (TPSA) is 84.4 Å². The fourth-order valence-corrected chi connectivity index (χ4v) is 3.56. The van der Waals surface area contributed by atoms with Crippen LogP contribution < -0.4 is 10.1 Å². The molecule has 7 nitrogen and oxygen atoms in total. The molecule has 1 aromatic heterocycles. The fraction of sp³-hybridized carbons (Fsp3) is 0.304. The molecule has 154 valence electrons. The summed E-state index contributed by atoms with van der Waals surface area (Å²) < 4.78 is 5.28. The number of rotatable bonds is 3. The first kappa shape index (κ1) is 19.8. The van der Waals surface area contributed by atoms with Gasteiger partial charge in [0, 0.05) is 24.7 Å². The molecule has 1 N–H and O–H groups in total. The molecule has 1 fully saturated rings. The number of hydrogen-bond donors (Lipinski definition) is 1. The minimum Gasteiger partial charge on any atom is -0.410 e. The number of piperidine rings is 1. The molecule has 2 heterocycles. The van der Waals surface area contributed by atoms with Gasteiger partial charge in [-0.3, -0.25) is 4.79 Å². The lowest BCUT2D eigenvalue weighted by Crippen LogP contribution is -2.47. The lowest BCUT2D eigenvalue weighted by molar-refractivity contribution is 0.0706. The molecule has 7 heteroatoms. The van der Waals surface area contributed by atoms with Gasteiger partial charge in [-0.1, -0.05) is 18.2 Å². The van der Waals surface area contributed by atoms with Gasteiger partial charge in [-0.05, 0) is 57.0 Å². The maximum atomic E-state index is 12.9. The molecule has 1 saturated heterocycles. The number of hydrogen-bond acceptors (Lipinski definition) is 5. The van der Waals surface area contributed by atoms with Crippen molar-refractivity contribution >= 4 is 23.0 Å². The van der Waals surface area contributed by atoms with E-state index in [0.717, 1.165) is 22.4 Å². The standard InChI is InChI=1S/C23H24N4O3/c1-15-16(2)25-21-14-17(8-9-20(21)24-15)22(28)27-12-10-18(11-13-27)26-23(29)30-19-6-4-3-5-7-19/h3-9,14,18H,10-13H2,1-2H3,(H,26,29). The highest BCUT2D eigenvalue weighted by Gasteiger charge is 2.25. The normalized spacial score (nSPS) is 14.5. The van der Waals surface area contributed by atoms with Crippen LogP contribution >= 0.6 is 0 Å². The van der Waals surface area contributed by atoms with Crippen LogP contribution in [0.15, 0.2) is 48.5 Å². The van der Waals surface area contributed by atoms with Gasteiger partial charge in [-0.15, -0.1) is 0 Å². The lowest BCUT2D eigenvalue weighted by atomic mass is 10.0. The first-order valence-corrected chi connectivity index (χ1v) is 10.1. The molecule has 0 saturated carbocycles. The van der Waals surface area contributed by atoms with Gasteiger partial charge in [0.25, 0.3) is 5.91 Å². The number of ether oxygens (including phenoxy) is 1. The van der Waals surface area contributed by atoms with Gasteiger partial charge in [0.2, 0.25) is 0 Å². The van der Waals surface area contributed by atoms with Crippen molar-refractivity contribution in [1.82, 2.24) is 20.2 Å². The SMILES string of the molecule is Cc1nc2ccc(C(=O)N3CCC(NC(=O)Oc4ccccc4)CC3)cc2nc1C. The number of benzene rings is 2. The molecule has 0 spiro atoms. The number of aromatic nitrogens is 2. The average molecular weight is 404 g/mol. The van der Waals surface area contributed by atoms with E-state index in [0.29, 0.717) is 37.2 Å². The van der Waals surface area contributed by atoms with Crippen LogP contribution in [-0.2, 0) is 0 Å². The number of para-hydroxylation sites is 1. The van der Waals surface area contributed by atoms with Crippen molar-refractivity contribution in [3.63, 3.8) is 0 Å². The van der Waals surface area contributed by atoms with Crippen LogP contribution in [-0.4, -0.2) is 46.0 Å². The Hall–Kier alpha value is -3.48. The summed E-state index contributed by atoms with van der Waals surface area (Å²) >= 11 is 0. The van der Waals surface area contributed by atoms with Crippen LogP contribution in [0.25, 0.3) is 11.0 Å². The van der Waals surface area contributed by atoms with Crippen LogP contribution in [0.3, 0.4) is 0 Å². The fourth-order valence-electron chi connectivity index (χ4n) is 3.56. The molecule has 1 aliphatic heterocycles. The second-order valence-corrected chi connectivity index (χ2v) is 7.51. The molecule has 30 heavy (non-hydrogen) atoms. The third-order valence-electron chi connectivity index (χ3n) is 5.38. The Morgan fingerprint density at radius 1 is 0.967 bits per heavy atom. The van der Waals surface area contributed by atoms with Gasteiger partial charge in [-0.2, -0.15) is 0 Å². The number of nitrogens with one attached hydrogen (secondary N) is 1. The first-order valence-electron chi connectivity index (χ1n) is 10.1. The smallest absolute Gasteiger partial charge is 0.410 e. The van der Waals surface area contributed by atoms with E-state index in [1.807, 2.05) is 43.0 Å². The Morgan fingerprint density at radius 3 is 2.33 bits per heavy atom. The number of carbonyl (C=O) groups is 2. The summed E-state index contributed by atoms with van der Waals surface area (Å²) in [5.41, 5.74) is 3.87. The van der Waals surface area contributed by atoms with Gasteiger partial charge < -0.3 is 15.0 Å². The predicted molar refractivity (Wildman–Crippen MR) is 114 cm³/mol. The quantitative estimate of drug-likeness (QED) is 0.720. The van der Waals surface area contributed by atoms with Crippen LogP contribution in [0, 0.1) is 13.8 Å². The molecule has 2 aromatic carbocycles. The predicted octanol–water partition coefficient (Wildman–Crippen LogP) is 3.64. The summed E-state index contributed by atoms with van der Waals surface area (Å²) in [4.78, 5) is 35.9. The maximum absolute atomic E-state index is 12.9. The molecule has 0 atom stereocenters. The van der Waals surface area contributed by atoms with E-state index >= 15 is 0 Å². The molecule has 4 rings (SSSR count). The molecular weight excluding hydrogens is 380 g/mol. The number of likely N-dealkylation sites (tertiary alicyclic amines) is 1. The molecule has 1 aliphatic rings. The van der Waals surface area contributed by atoms with E-state index in [-0.39, 0.29) is 11.9 Å². The summed E-state index contributed by atoms with van der Waals surface area (Å²) in [7, 11) is 0. The third-order valence-corrected chi connectivity index (χ3v) is 5.38. The van der Waals surface area contributed by atoms with Crippen molar-refractivity contribution in [2.24, 2.45) is 0 Å². The lowest BCUT2D eigenvalue weighted by Gasteiger charge is -2.32. The zero-order valence-electron chi connectivity index (χ0n) is 17.1. The Balaban J connectivity index is 1.34. The van der Waals surface area contributed by atoms with Crippen molar-refractivity contribution in [3.05, 3.63) is 65.5 Å². The second-order valence-electron chi connectivity index (χ2n) is 7.51. The number of carbonyl (C=O) groups excluding carboxylic acids is 2. The second kappa shape index (κ2) is 8.49. The van der Waals surface area contributed by atoms with E-state index in [1.165, 1.54) is 0 Å². The Morgan fingerprint density at radius 2 is 1.63 bits per heavy atom. The van der Waals surface area contributed by atoms with Crippen molar-refractivity contribution < 1.29 is 14.3 Å². The highest BCUT2D eigenvalue weighted by molar-refractivity contribution is 5.97. The van der Waals surface area contributed by atoms with E-state index in [1.54, 1.807) is 24.3 Å². The van der Waals surface area contributed by atoms with Crippen molar-refractivity contribution in [3.8, 4) is 5.75 Å². The average Bonchev–Trinajstić information content (AvgIpc) is 2.75. The summed E-state index contributed by atoms with van der Waals surface area (Å²) in [6, 6.07) is 14.4. The largest absolute Gasteiger partial charge is 0.412 e. The van der Waals surface area contributed by atoms with E-state index in [2.05, 4.69) is 15.3 Å². The summed E-state index contributed by atoms with van der Waals surface area (Å²) in [6.45, 7) is 4.99. The molecule has 2 amide bonds. The van der Waals surface area contributed by atoms with Crippen LogP contribution in [0.5, 0.6) is 5.75 Å². The Labute approximate surface area is 175 Å². The van der Waals surface area contributed by atoms with Crippen molar-refractivity contribution in [2.75, 3.05) is 13.1 Å². The highest BCUT2D eigenvalue weighted by Crippen LogP contribution is 2.19. The van der Waals surface area contributed by atoms with E-state index < -0.39 is 6.09 Å². The molecular formula is C23H24N4O3. The van der Waals surface area contributed by atoms with Crippen molar-refractivity contribution in [2.45, 2.75) is 32.7 Å². The summed E-state index contributed by atoms with van der Waals surface area (Å²) in [6.07, 6.45) is 0.896. The minimum absolute atomic E-state index is 0.0154. The number of aryl methyl sites for hydroxylation is 2. The number of nitrogens with zero attached hydrogens (tertiary/aromatic N) is 3. The summed E-state index contributed by atoms with van der Waals surface area (Å²) in [5.74, 6) is 0.481. The zero-order chi connectivity index (χ0) is 21.1.